The molecule has 0 aliphatic rings. The molecule has 0 amide bonds. The van der Waals surface area contributed by atoms with Gasteiger partial charge in [0.2, 0.25) is 0 Å². The summed E-state index contributed by atoms with van der Waals surface area (Å²) in [7, 11) is 0. The molecule has 3 aromatic carbocycles. The standard InChI is InChI=1S/C24H22O/c1-18-6-10-20(11-7-18)14-16-22-4-3-5-24(25)23(22)17-15-21-12-8-19(2)9-13-21/h3-17,25H,1-2H3. The van der Waals surface area contributed by atoms with Gasteiger partial charge in [-0.05, 0) is 36.6 Å². The molecular weight excluding hydrogens is 304 g/mol. The first-order chi connectivity index (χ1) is 12.1. The summed E-state index contributed by atoms with van der Waals surface area (Å²) in [5.41, 5.74) is 6.55. The first kappa shape index (κ1) is 16.8. The van der Waals surface area contributed by atoms with Gasteiger partial charge in [-0.15, -0.1) is 0 Å². The summed E-state index contributed by atoms with van der Waals surface area (Å²) in [6.45, 7) is 4.15. The van der Waals surface area contributed by atoms with Crippen molar-refractivity contribution in [2.24, 2.45) is 0 Å². The lowest BCUT2D eigenvalue weighted by atomic mass is 10.0. The Bertz CT molecular complexity index is 898. The Labute approximate surface area is 149 Å². The summed E-state index contributed by atoms with van der Waals surface area (Å²) in [5, 5.41) is 10.3. The number of phenolic OH excluding ortho intramolecular Hbond substituents is 1. The van der Waals surface area contributed by atoms with E-state index in [2.05, 4.69) is 68.5 Å². The summed E-state index contributed by atoms with van der Waals surface area (Å²) in [6.07, 6.45) is 8.10. The molecule has 3 aromatic rings. The van der Waals surface area contributed by atoms with Gasteiger partial charge in [0.1, 0.15) is 5.75 Å². The van der Waals surface area contributed by atoms with Crippen LogP contribution in [0, 0.1) is 13.8 Å². The highest BCUT2D eigenvalue weighted by Gasteiger charge is 2.02. The number of benzene rings is 3. The molecule has 0 aliphatic carbocycles. The summed E-state index contributed by atoms with van der Waals surface area (Å²) in [4.78, 5) is 0. The number of aryl methyl sites for hydroxylation is 2. The van der Waals surface area contributed by atoms with Crippen LogP contribution < -0.4 is 0 Å². The van der Waals surface area contributed by atoms with Crippen LogP contribution in [0.25, 0.3) is 24.3 Å². The number of hydrogen-bond donors (Lipinski definition) is 1. The predicted octanol–water partition coefficient (Wildman–Crippen LogP) is 6.35. The van der Waals surface area contributed by atoms with Gasteiger partial charge in [0.05, 0.1) is 0 Å². The third-order valence-electron chi connectivity index (χ3n) is 4.17. The molecule has 0 aliphatic heterocycles. The summed E-state index contributed by atoms with van der Waals surface area (Å²) < 4.78 is 0. The van der Waals surface area contributed by atoms with Gasteiger partial charge in [0.25, 0.3) is 0 Å². The molecule has 0 atom stereocenters. The number of hydrogen-bond acceptors (Lipinski definition) is 1. The van der Waals surface area contributed by atoms with E-state index in [1.54, 1.807) is 6.07 Å². The molecule has 0 unspecified atom stereocenters. The van der Waals surface area contributed by atoms with Crippen LogP contribution in [0.1, 0.15) is 33.4 Å². The Morgan fingerprint density at radius 2 is 1.12 bits per heavy atom. The van der Waals surface area contributed by atoms with Crippen LogP contribution >= 0.6 is 0 Å². The zero-order chi connectivity index (χ0) is 17.6. The Morgan fingerprint density at radius 1 is 0.600 bits per heavy atom. The Balaban J connectivity index is 1.89. The average Bonchev–Trinajstić information content (AvgIpc) is 2.62. The Kier molecular flexibility index (Phi) is 5.15. The third-order valence-corrected chi connectivity index (χ3v) is 4.17. The van der Waals surface area contributed by atoms with Crippen LogP contribution in [-0.2, 0) is 0 Å². The van der Waals surface area contributed by atoms with Gasteiger partial charge in [-0.1, -0.05) is 96.1 Å². The summed E-state index contributed by atoms with van der Waals surface area (Å²) >= 11 is 0. The highest BCUT2D eigenvalue weighted by molar-refractivity contribution is 5.81. The molecule has 0 spiro atoms. The van der Waals surface area contributed by atoms with Crippen LogP contribution in [0.3, 0.4) is 0 Å². The van der Waals surface area contributed by atoms with E-state index in [4.69, 9.17) is 0 Å². The molecule has 0 bridgehead atoms. The average molecular weight is 326 g/mol. The normalized spacial score (nSPS) is 11.4. The minimum Gasteiger partial charge on any atom is -0.507 e. The first-order valence-electron chi connectivity index (χ1n) is 8.43. The van der Waals surface area contributed by atoms with E-state index in [1.807, 2.05) is 30.4 Å². The maximum absolute atomic E-state index is 10.3. The largest absolute Gasteiger partial charge is 0.507 e. The number of rotatable bonds is 4. The topological polar surface area (TPSA) is 20.2 Å². The van der Waals surface area contributed by atoms with E-state index in [-0.39, 0.29) is 5.75 Å². The van der Waals surface area contributed by atoms with Crippen molar-refractivity contribution in [2.75, 3.05) is 0 Å². The van der Waals surface area contributed by atoms with Gasteiger partial charge in [-0.2, -0.15) is 0 Å². The molecule has 25 heavy (non-hydrogen) atoms. The van der Waals surface area contributed by atoms with Crippen molar-refractivity contribution in [3.63, 3.8) is 0 Å². The van der Waals surface area contributed by atoms with Crippen molar-refractivity contribution >= 4 is 24.3 Å². The van der Waals surface area contributed by atoms with Gasteiger partial charge < -0.3 is 5.11 Å². The molecule has 3 rings (SSSR count). The molecule has 0 fully saturated rings. The van der Waals surface area contributed by atoms with E-state index in [9.17, 15) is 5.11 Å². The second-order valence-corrected chi connectivity index (χ2v) is 6.27. The fourth-order valence-electron chi connectivity index (χ4n) is 2.62. The molecule has 0 aromatic heterocycles. The molecule has 1 heteroatoms. The van der Waals surface area contributed by atoms with Crippen LogP contribution in [0.5, 0.6) is 5.75 Å². The van der Waals surface area contributed by atoms with E-state index < -0.39 is 0 Å². The number of phenols is 1. The summed E-state index contributed by atoms with van der Waals surface area (Å²) in [6, 6.07) is 22.3. The van der Waals surface area contributed by atoms with Crippen molar-refractivity contribution in [1.29, 1.82) is 0 Å². The van der Waals surface area contributed by atoms with Crippen molar-refractivity contribution in [1.82, 2.24) is 0 Å². The Hall–Kier alpha value is -3.06. The lowest BCUT2D eigenvalue weighted by molar-refractivity contribution is 0.474. The highest BCUT2D eigenvalue weighted by Crippen LogP contribution is 2.25. The molecule has 0 saturated carbocycles. The minimum atomic E-state index is 0.286. The van der Waals surface area contributed by atoms with Crippen molar-refractivity contribution in [3.05, 3.63) is 100 Å². The van der Waals surface area contributed by atoms with Crippen molar-refractivity contribution < 1.29 is 5.11 Å². The van der Waals surface area contributed by atoms with Crippen LogP contribution in [0.4, 0.5) is 0 Å². The second kappa shape index (κ2) is 7.67. The molecule has 0 heterocycles. The molecule has 0 saturated heterocycles. The van der Waals surface area contributed by atoms with Crippen LogP contribution in [-0.4, -0.2) is 5.11 Å². The quantitative estimate of drug-likeness (QED) is 0.554. The monoisotopic (exact) mass is 326 g/mol. The smallest absolute Gasteiger partial charge is 0.123 e. The molecule has 1 nitrogen and oxygen atoms in total. The molecule has 0 radical (unpaired) electrons. The third kappa shape index (κ3) is 4.48. The SMILES string of the molecule is Cc1ccc(C=Cc2cccc(O)c2C=Cc2ccc(C)cc2)cc1. The first-order valence-corrected chi connectivity index (χ1v) is 8.43. The van der Waals surface area contributed by atoms with Gasteiger partial charge >= 0.3 is 0 Å². The van der Waals surface area contributed by atoms with Crippen molar-refractivity contribution in [2.45, 2.75) is 13.8 Å². The fraction of sp³-hybridized carbons (Fsp3) is 0.0833. The number of aromatic hydroxyl groups is 1. The van der Waals surface area contributed by atoms with E-state index in [0.29, 0.717) is 0 Å². The van der Waals surface area contributed by atoms with Gasteiger partial charge in [0, 0.05) is 5.56 Å². The van der Waals surface area contributed by atoms with Gasteiger partial charge in [-0.3, -0.25) is 0 Å². The highest BCUT2D eigenvalue weighted by atomic mass is 16.3. The molecule has 124 valence electrons. The molecular formula is C24H22O. The van der Waals surface area contributed by atoms with Gasteiger partial charge in [0.15, 0.2) is 0 Å². The lowest BCUT2D eigenvalue weighted by Gasteiger charge is -2.05. The predicted molar refractivity (Wildman–Crippen MR) is 108 cm³/mol. The van der Waals surface area contributed by atoms with Crippen LogP contribution in [0.2, 0.25) is 0 Å². The zero-order valence-corrected chi connectivity index (χ0v) is 14.6. The van der Waals surface area contributed by atoms with Gasteiger partial charge in [-0.25, -0.2) is 0 Å². The van der Waals surface area contributed by atoms with Crippen molar-refractivity contribution in [3.8, 4) is 5.75 Å². The van der Waals surface area contributed by atoms with E-state index >= 15 is 0 Å². The second-order valence-electron chi connectivity index (χ2n) is 6.27. The minimum absolute atomic E-state index is 0.286. The lowest BCUT2D eigenvalue weighted by Crippen LogP contribution is -1.82. The Morgan fingerprint density at radius 3 is 1.68 bits per heavy atom. The molecule has 1 N–H and O–H groups in total. The van der Waals surface area contributed by atoms with E-state index in [1.165, 1.54) is 11.1 Å². The maximum atomic E-state index is 10.3. The van der Waals surface area contributed by atoms with E-state index in [0.717, 1.165) is 22.3 Å². The summed E-state index contributed by atoms with van der Waals surface area (Å²) in [5.74, 6) is 0.286. The zero-order valence-electron chi connectivity index (χ0n) is 14.6. The maximum Gasteiger partial charge on any atom is 0.123 e. The fourth-order valence-corrected chi connectivity index (χ4v) is 2.62. The van der Waals surface area contributed by atoms with Crippen LogP contribution in [0.15, 0.2) is 66.7 Å².